The fraction of sp³-hybridized carbons (Fsp3) is 0. The minimum atomic E-state index is -1.83. The van der Waals surface area contributed by atoms with E-state index in [4.69, 9.17) is 20.1 Å². The van der Waals surface area contributed by atoms with E-state index in [2.05, 4.69) is 0 Å². The first-order valence-electron chi connectivity index (χ1n) is 2.79. The van der Waals surface area contributed by atoms with Gasteiger partial charge in [0.1, 0.15) is 5.75 Å². The minimum absolute atomic E-state index is 0. The van der Waals surface area contributed by atoms with Crippen LogP contribution in [0.15, 0.2) is 30.3 Å². The molecule has 1 aromatic rings. The number of benzene rings is 1. The van der Waals surface area contributed by atoms with Crippen LogP contribution in [0.2, 0.25) is 0 Å². The maximum Gasteiger partial charge on any atom is 2.00 e. The van der Waals surface area contributed by atoms with Crippen LogP contribution in [0.4, 0.5) is 4.79 Å². The van der Waals surface area contributed by atoms with Crippen LogP contribution in [-0.4, -0.2) is 59.2 Å². The number of hydrogen-bond acceptors (Lipinski definition) is 2. The maximum absolute atomic E-state index is 8.63. The molecule has 0 aromatic heterocycles. The standard InChI is InChI=1S/C6H6O.CH2O3.Ca.2H/c7-6-4-2-1-3-5-6;2-1(3)4;;;/h1-5,7H;(H2,2,3,4);;;/q;;+2;2*-1. The summed E-state index contributed by atoms with van der Waals surface area (Å²) in [4.78, 5) is 8.56. The molecule has 64 valence electrons. The smallest absolute Gasteiger partial charge is 1.00 e. The summed E-state index contributed by atoms with van der Waals surface area (Å²) < 4.78 is 0. The molecule has 12 heavy (non-hydrogen) atoms. The molecule has 0 aliphatic carbocycles. The summed E-state index contributed by atoms with van der Waals surface area (Å²) in [6.45, 7) is 0. The Morgan fingerprint density at radius 3 is 1.67 bits per heavy atom. The second-order valence-electron chi connectivity index (χ2n) is 1.62. The van der Waals surface area contributed by atoms with Gasteiger partial charge in [0.15, 0.2) is 0 Å². The molecule has 0 spiro atoms. The summed E-state index contributed by atoms with van der Waals surface area (Å²) in [6.07, 6.45) is -1.83. The third-order valence-corrected chi connectivity index (χ3v) is 0.756. The molecule has 0 bridgehead atoms. The second kappa shape index (κ2) is 8.64. The van der Waals surface area contributed by atoms with Crippen LogP contribution in [0.5, 0.6) is 5.75 Å². The van der Waals surface area contributed by atoms with Gasteiger partial charge in [-0.05, 0) is 12.1 Å². The Hall–Kier alpha value is -0.450. The van der Waals surface area contributed by atoms with E-state index in [0.717, 1.165) is 0 Å². The minimum Gasteiger partial charge on any atom is -1.00 e. The van der Waals surface area contributed by atoms with Gasteiger partial charge >= 0.3 is 43.9 Å². The van der Waals surface area contributed by atoms with E-state index in [1.165, 1.54) is 0 Å². The zero-order valence-electron chi connectivity index (χ0n) is 8.34. The van der Waals surface area contributed by atoms with Crippen molar-refractivity contribution in [1.82, 2.24) is 0 Å². The molecule has 0 unspecified atom stereocenters. The first-order chi connectivity index (χ1) is 5.13. The Balaban J connectivity index is -0.0000000650. The van der Waals surface area contributed by atoms with Crippen LogP contribution in [0.1, 0.15) is 2.85 Å². The number of aromatic hydroxyl groups is 1. The van der Waals surface area contributed by atoms with Gasteiger partial charge in [-0.25, -0.2) is 4.79 Å². The number of hydrogen-bond donors (Lipinski definition) is 3. The Morgan fingerprint density at radius 2 is 1.50 bits per heavy atom. The molecule has 0 saturated carbocycles. The normalized spacial score (nSPS) is 7.00. The zero-order chi connectivity index (χ0) is 8.69. The molecule has 1 rings (SSSR count). The SMILES string of the molecule is O=C(O)O.Oc1ccccc1.[Ca+2].[H-].[H-]. The molecule has 0 heterocycles. The number of phenols is 1. The van der Waals surface area contributed by atoms with Crippen molar-refractivity contribution < 1.29 is 23.0 Å². The number of phenolic OH excluding ortho intramolecular Hbond substituents is 1. The number of para-hydroxylation sites is 1. The number of carbonyl (C=O) groups is 1. The van der Waals surface area contributed by atoms with E-state index in [1.54, 1.807) is 24.3 Å². The largest absolute Gasteiger partial charge is 2.00 e. The predicted molar refractivity (Wildman–Crippen MR) is 46.7 cm³/mol. The van der Waals surface area contributed by atoms with Gasteiger partial charge in [0.05, 0.1) is 0 Å². The van der Waals surface area contributed by atoms with Gasteiger partial charge in [0.2, 0.25) is 0 Å². The van der Waals surface area contributed by atoms with E-state index in [-0.39, 0.29) is 40.6 Å². The summed E-state index contributed by atoms with van der Waals surface area (Å²) in [5.74, 6) is 0.322. The first-order valence-corrected chi connectivity index (χ1v) is 2.79. The third-order valence-electron chi connectivity index (χ3n) is 0.756. The fourth-order valence-corrected chi connectivity index (χ4v) is 0.428. The van der Waals surface area contributed by atoms with Crippen molar-refractivity contribution in [3.63, 3.8) is 0 Å². The maximum atomic E-state index is 8.63. The average Bonchev–Trinajstić information content (AvgIpc) is 1.87. The monoisotopic (exact) mass is 198 g/mol. The number of carboxylic acid groups (broad SMARTS) is 2. The van der Waals surface area contributed by atoms with Crippen LogP contribution >= 0.6 is 0 Å². The van der Waals surface area contributed by atoms with E-state index in [1.807, 2.05) is 6.07 Å². The Labute approximate surface area is 102 Å². The summed E-state index contributed by atoms with van der Waals surface area (Å²) in [6, 6.07) is 8.71. The molecule has 0 amide bonds. The first kappa shape index (κ1) is 14.1. The zero-order valence-corrected chi connectivity index (χ0v) is 8.55. The third kappa shape index (κ3) is 12.2. The van der Waals surface area contributed by atoms with E-state index < -0.39 is 6.16 Å². The van der Waals surface area contributed by atoms with Crippen molar-refractivity contribution in [2.45, 2.75) is 0 Å². The summed E-state index contributed by atoms with van der Waals surface area (Å²) >= 11 is 0. The summed E-state index contributed by atoms with van der Waals surface area (Å²) in [5.41, 5.74) is 0. The van der Waals surface area contributed by atoms with E-state index >= 15 is 0 Å². The van der Waals surface area contributed by atoms with Gasteiger partial charge in [-0.2, -0.15) is 0 Å². The topological polar surface area (TPSA) is 77.8 Å². The molecule has 4 nitrogen and oxygen atoms in total. The van der Waals surface area contributed by atoms with Crippen LogP contribution < -0.4 is 0 Å². The van der Waals surface area contributed by atoms with Crippen molar-refractivity contribution >= 4 is 43.9 Å². The molecule has 0 radical (unpaired) electrons. The van der Waals surface area contributed by atoms with Gasteiger partial charge in [0, 0.05) is 0 Å². The van der Waals surface area contributed by atoms with Gasteiger partial charge in [-0.1, -0.05) is 18.2 Å². The molecule has 3 N–H and O–H groups in total. The molecular weight excluding hydrogens is 188 g/mol. The number of rotatable bonds is 0. The average molecular weight is 198 g/mol. The van der Waals surface area contributed by atoms with Gasteiger partial charge in [0.25, 0.3) is 0 Å². The van der Waals surface area contributed by atoms with Crippen molar-refractivity contribution in [1.29, 1.82) is 0 Å². The molecule has 0 atom stereocenters. The van der Waals surface area contributed by atoms with Crippen molar-refractivity contribution in [3.05, 3.63) is 30.3 Å². The van der Waals surface area contributed by atoms with Crippen LogP contribution in [0.25, 0.3) is 0 Å². The van der Waals surface area contributed by atoms with Gasteiger partial charge in [-0.3, -0.25) is 0 Å². The molecule has 0 aliphatic rings. The summed E-state index contributed by atoms with van der Waals surface area (Å²) in [5, 5.41) is 22.6. The predicted octanol–water partition coefficient (Wildman–Crippen LogP) is 1.46. The fourth-order valence-electron chi connectivity index (χ4n) is 0.428. The molecule has 5 heteroatoms. The second-order valence-corrected chi connectivity index (χ2v) is 1.62. The summed E-state index contributed by atoms with van der Waals surface area (Å²) in [7, 11) is 0. The Bertz CT molecular complexity index is 216. The van der Waals surface area contributed by atoms with Gasteiger partial charge in [-0.15, -0.1) is 0 Å². The van der Waals surface area contributed by atoms with Gasteiger partial charge < -0.3 is 18.2 Å². The molecule has 0 saturated heterocycles. The molecule has 0 fully saturated rings. The van der Waals surface area contributed by atoms with Crippen LogP contribution in [-0.2, 0) is 0 Å². The van der Waals surface area contributed by atoms with Crippen LogP contribution in [0.3, 0.4) is 0 Å². The molecule has 1 aromatic carbocycles. The van der Waals surface area contributed by atoms with E-state index in [0.29, 0.717) is 5.75 Å². The quantitative estimate of drug-likeness (QED) is 0.551. The van der Waals surface area contributed by atoms with E-state index in [9.17, 15) is 0 Å². The molecular formula is C7H10CaO4. The Kier molecular flexibility index (Phi) is 10.2. The van der Waals surface area contributed by atoms with Crippen molar-refractivity contribution in [2.75, 3.05) is 0 Å². The van der Waals surface area contributed by atoms with Crippen molar-refractivity contribution in [2.24, 2.45) is 0 Å². The van der Waals surface area contributed by atoms with Crippen molar-refractivity contribution in [3.8, 4) is 5.75 Å². The molecule has 0 aliphatic heterocycles. The van der Waals surface area contributed by atoms with Crippen LogP contribution in [0, 0.1) is 0 Å². The Morgan fingerprint density at radius 1 is 1.17 bits per heavy atom.